The molecule has 0 atom stereocenters. The first kappa shape index (κ1) is 22.7. The van der Waals surface area contributed by atoms with Crippen molar-refractivity contribution in [3.05, 3.63) is 83.0 Å². The summed E-state index contributed by atoms with van der Waals surface area (Å²) >= 11 is 0. The number of carbonyl (C=O) groups is 2. The molecule has 1 amide bonds. The van der Waals surface area contributed by atoms with Crippen LogP contribution in [0.5, 0.6) is 0 Å². The number of fused-ring (bicyclic) bond motifs is 2. The highest BCUT2D eigenvalue weighted by Crippen LogP contribution is 2.31. The summed E-state index contributed by atoms with van der Waals surface area (Å²) in [6, 6.07) is 19.0. The highest BCUT2D eigenvalue weighted by Gasteiger charge is 2.29. The van der Waals surface area contributed by atoms with Crippen LogP contribution >= 0.6 is 0 Å². The lowest BCUT2D eigenvalue weighted by atomic mass is 9.95. The van der Waals surface area contributed by atoms with Gasteiger partial charge in [0.2, 0.25) is 0 Å². The Bertz CT molecular complexity index is 1460. The van der Waals surface area contributed by atoms with Gasteiger partial charge in [-0.25, -0.2) is 4.79 Å². The molecule has 35 heavy (non-hydrogen) atoms. The van der Waals surface area contributed by atoms with E-state index in [1.807, 2.05) is 42.5 Å². The Labute approximate surface area is 203 Å². The maximum atomic E-state index is 13.6. The van der Waals surface area contributed by atoms with Crippen molar-refractivity contribution < 1.29 is 14.7 Å². The number of carboxylic acids is 1. The molecule has 0 unspecified atom stereocenters. The number of rotatable bonds is 6. The summed E-state index contributed by atoms with van der Waals surface area (Å²) in [7, 11) is 0. The summed E-state index contributed by atoms with van der Waals surface area (Å²) in [5.41, 5.74) is 7.87. The molecule has 1 aliphatic carbocycles. The molecule has 1 saturated carbocycles. The van der Waals surface area contributed by atoms with Crippen LogP contribution < -0.4 is 11.1 Å². The Morgan fingerprint density at radius 1 is 1.00 bits per heavy atom. The minimum atomic E-state index is -1.16. The third-order valence-corrected chi connectivity index (χ3v) is 6.95. The highest BCUT2D eigenvalue weighted by molar-refractivity contribution is 6.14. The minimum absolute atomic E-state index is 0.0244. The van der Waals surface area contributed by atoms with Gasteiger partial charge in [0.05, 0.1) is 11.1 Å². The van der Waals surface area contributed by atoms with Crippen molar-refractivity contribution in [1.82, 2.24) is 9.88 Å². The number of nitrogens with two attached hydrogens (primary N) is 1. The number of benzene rings is 3. The molecule has 1 heterocycles. The molecular weight excluding hydrogens is 440 g/mol. The standard InChI is InChI=1S/C28H28N4O3/c29-26(30)18-13-14-22-23(15-18)32(16-19-9-6-8-17-7-4-5-12-21(17)19)25(24(22)28(34)35)27(33)31-20-10-2-1-3-11-20/h4-9,12-15,20H,1-3,10-11,16H2,(H3,29,30)(H,31,33)(H,34,35). The van der Waals surface area contributed by atoms with Crippen molar-refractivity contribution >= 4 is 39.4 Å². The summed E-state index contributed by atoms with van der Waals surface area (Å²) in [5.74, 6) is -1.65. The highest BCUT2D eigenvalue weighted by atomic mass is 16.4. The fraction of sp³-hybridized carbons (Fsp3) is 0.250. The monoisotopic (exact) mass is 468 g/mol. The van der Waals surface area contributed by atoms with E-state index in [9.17, 15) is 14.7 Å². The molecule has 1 fully saturated rings. The van der Waals surface area contributed by atoms with Gasteiger partial charge in [0.25, 0.3) is 5.91 Å². The smallest absolute Gasteiger partial charge is 0.338 e. The number of carboxylic acid groups (broad SMARTS) is 1. The minimum Gasteiger partial charge on any atom is -0.478 e. The van der Waals surface area contributed by atoms with Crippen molar-refractivity contribution in [1.29, 1.82) is 5.41 Å². The quantitative estimate of drug-likeness (QED) is 0.238. The molecule has 5 N–H and O–H groups in total. The van der Waals surface area contributed by atoms with Crippen molar-refractivity contribution in [2.45, 2.75) is 44.7 Å². The number of hydrogen-bond donors (Lipinski definition) is 4. The van der Waals surface area contributed by atoms with E-state index in [2.05, 4.69) is 5.32 Å². The molecule has 0 radical (unpaired) electrons. The van der Waals surface area contributed by atoms with Crippen molar-refractivity contribution in [2.75, 3.05) is 0 Å². The summed E-state index contributed by atoms with van der Waals surface area (Å²) in [6.45, 7) is 0.305. The lowest BCUT2D eigenvalue weighted by molar-refractivity contribution is 0.0691. The van der Waals surface area contributed by atoms with Gasteiger partial charge < -0.3 is 20.7 Å². The Kier molecular flexibility index (Phi) is 5.99. The summed E-state index contributed by atoms with van der Waals surface area (Å²) in [6.07, 6.45) is 5.05. The van der Waals surface area contributed by atoms with Crippen LogP contribution in [0.1, 0.15) is 64.1 Å². The normalized spacial score (nSPS) is 14.3. The molecule has 4 aromatic rings. The van der Waals surface area contributed by atoms with Crippen LogP contribution in [0.2, 0.25) is 0 Å². The second-order valence-corrected chi connectivity index (χ2v) is 9.21. The number of hydrogen-bond acceptors (Lipinski definition) is 3. The molecule has 0 aliphatic heterocycles. The third kappa shape index (κ3) is 4.25. The van der Waals surface area contributed by atoms with E-state index in [1.165, 1.54) is 0 Å². The molecule has 0 saturated heterocycles. The van der Waals surface area contributed by atoms with Gasteiger partial charge in [0.15, 0.2) is 0 Å². The number of amidine groups is 1. The molecule has 5 rings (SSSR count). The molecular formula is C28H28N4O3. The summed E-state index contributed by atoms with van der Waals surface area (Å²) in [5, 5.41) is 23.7. The van der Waals surface area contributed by atoms with E-state index in [-0.39, 0.29) is 29.0 Å². The van der Waals surface area contributed by atoms with Gasteiger partial charge in [-0.2, -0.15) is 0 Å². The Balaban J connectivity index is 1.71. The van der Waals surface area contributed by atoms with Gasteiger partial charge in [-0.3, -0.25) is 10.2 Å². The van der Waals surface area contributed by atoms with E-state index in [4.69, 9.17) is 11.1 Å². The lowest BCUT2D eigenvalue weighted by Gasteiger charge is -2.23. The van der Waals surface area contributed by atoms with E-state index < -0.39 is 5.97 Å². The van der Waals surface area contributed by atoms with Gasteiger partial charge in [-0.15, -0.1) is 0 Å². The van der Waals surface area contributed by atoms with E-state index in [0.717, 1.165) is 48.4 Å². The average molecular weight is 469 g/mol. The largest absolute Gasteiger partial charge is 0.478 e. The van der Waals surface area contributed by atoms with E-state index >= 15 is 0 Å². The van der Waals surface area contributed by atoms with Crippen LogP contribution in [0, 0.1) is 5.41 Å². The van der Waals surface area contributed by atoms with Crippen LogP contribution in [0.3, 0.4) is 0 Å². The van der Waals surface area contributed by atoms with Crippen molar-refractivity contribution in [3.63, 3.8) is 0 Å². The predicted molar refractivity (Wildman–Crippen MR) is 137 cm³/mol. The second-order valence-electron chi connectivity index (χ2n) is 9.21. The number of nitrogens with zero attached hydrogens (tertiary/aromatic N) is 1. The van der Waals surface area contributed by atoms with Crippen molar-refractivity contribution in [2.24, 2.45) is 5.73 Å². The number of nitrogen functional groups attached to an aromatic ring is 1. The fourth-order valence-corrected chi connectivity index (χ4v) is 5.24. The maximum absolute atomic E-state index is 13.6. The average Bonchev–Trinajstić information content (AvgIpc) is 3.18. The predicted octanol–water partition coefficient (Wildman–Crippen LogP) is 4.89. The molecule has 0 bridgehead atoms. The van der Waals surface area contributed by atoms with Crippen LogP contribution in [0.25, 0.3) is 21.7 Å². The Hall–Kier alpha value is -4.13. The molecule has 0 spiro atoms. The number of nitrogens with one attached hydrogen (secondary N) is 2. The van der Waals surface area contributed by atoms with Gasteiger partial charge in [0, 0.05) is 23.5 Å². The zero-order valence-electron chi connectivity index (χ0n) is 19.4. The third-order valence-electron chi connectivity index (χ3n) is 6.95. The first-order valence-corrected chi connectivity index (χ1v) is 12.0. The molecule has 3 aromatic carbocycles. The number of carbonyl (C=O) groups excluding carboxylic acids is 1. The molecule has 7 nitrogen and oxygen atoms in total. The summed E-state index contributed by atoms with van der Waals surface area (Å²) in [4.78, 5) is 26.1. The maximum Gasteiger partial charge on any atom is 0.338 e. The zero-order valence-corrected chi connectivity index (χ0v) is 19.4. The first-order valence-electron chi connectivity index (χ1n) is 12.0. The lowest BCUT2D eigenvalue weighted by Crippen LogP contribution is -2.38. The first-order chi connectivity index (χ1) is 16.9. The fourth-order valence-electron chi connectivity index (χ4n) is 5.24. The SMILES string of the molecule is N=C(N)c1ccc2c(C(=O)O)c(C(=O)NC3CCCCC3)n(Cc3cccc4ccccc34)c2c1. The van der Waals surface area contributed by atoms with Crippen LogP contribution in [0.15, 0.2) is 60.7 Å². The second kappa shape index (κ2) is 9.25. The van der Waals surface area contributed by atoms with Gasteiger partial charge in [-0.1, -0.05) is 73.9 Å². The van der Waals surface area contributed by atoms with Crippen LogP contribution in [0.4, 0.5) is 0 Å². The molecule has 7 heteroatoms. The van der Waals surface area contributed by atoms with E-state index in [0.29, 0.717) is 23.0 Å². The van der Waals surface area contributed by atoms with Gasteiger partial charge >= 0.3 is 5.97 Å². The summed E-state index contributed by atoms with van der Waals surface area (Å²) < 4.78 is 1.77. The Morgan fingerprint density at radius 2 is 1.74 bits per heavy atom. The number of aromatic nitrogens is 1. The van der Waals surface area contributed by atoms with Crippen molar-refractivity contribution in [3.8, 4) is 0 Å². The molecule has 1 aliphatic rings. The zero-order chi connectivity index (χ0) is 24.5. The number of aromatic carboxylic acids is 1. The topological polar surface area (TPSA) is 121 Å². The Morgan fingerprint density at radius 3 is 2.49 bits per heavy atom. The van der Waals surface area contributed by atoms with Crippen LogP contribution in [-0.4, -0.2) is 33.4 Å². The van der Waals surface area contributed by atoms with Crippen LogP contribution in [-0.2, 0) is 6.54 Å². The molecule has 1 aromatic heterocycles. The van der Waals surface area contributed by atoms with Gasteiger partial charge in [-0.05, 0) is 35.2 Å². The number of amides is 1. The molecule has 178 valence electrons. The van der Waals surface area contributed by atoms with Gasteiger partial charge in [0.1, 0.15) is 11.5 Å². The van der Waals surface area contributed by atoms with E-state index in [1.54, 1.807) is 22.8 Å².